The van der Waals surface area contributed by atoms with Crippen molar-refractivity contribution in [1.82, 2.24) is 0 Å². The lowest BCUT2D eigenvalue weighted by Gasteiger charge is -2.14. The molecule has 1 saturated heterocycles. The van der Waals surface area contributed by atoms with Gasteiger partial charge in [-0.1, -0.05) is 20.8 Å². The van der Waals surface area contributed by atoms with E-state index in [4.69, 9.17) is 0 Å². The lowest BCUT2D eigenvalue weighted by atomic mass is 10.0. The van der Waals surface area contributed by atoms with Crippen LogP contribution in [0, 0.1) is 5.92 Å². The van der Waals surface area contributed by atoms with Crippen LogP contribution >= 0.6 is 0 Å². The Hall–Kier alpha value is -0.860. The fourth-order valence-corrected chi connectivity index (χ4v) is 0.716. The molecule has 1 atom stereocenters. The van der Waals surface area contributed by atoms with Gasteiger partial charge >= 0.3 is 11.9 Å². The summed E-state index contributed by atoms with van der Waals surface area (Å²) in [5.74, 6) is -0.868. The minimum absolute atomic E-state index is 0.0947. The van der Waals surface area contributed by atoms with Gasteiger partial charge in [-0.15, -0.1) is 0 Å². The molecular formula is C8H14O3. The zero-order valence-corrected chi connectivity index (χ0v) is 7.22. The molecule has 1 aliphatic heterocycles. The van der Waals surface area contributed by atoms with Gasteiger partial charge in [-0.05, 0) is 6.42 Å². The van der Waals surface area contributed by atoms with Crippen molar-refractivity contribution in [3.8, 4) is 0 Å². The second-order valence-corrected chi connectivity index (χ2v) is 2.23. The summed E-state index contributed by atoms with van der Waals surface area (Å²) in [7, 11) is 0. The first-order valence-corrected chi connectivity index (χ1v) is 3.94. The Kier molecular flexibility index (Phi) is 4.50. The van der Waals surface area contributed by atoms with Gasteiger partial charge in [-0.2, -0.15) is 0 Å². The Morgan fingerprint density at radius 1 is 1.36 bits per heavy atom. The third-order valence-electron chi connectivity index (χ3n) is 1.40. The second-order valence-electron chi connectivity index (χ2n) is 2.23. The van der Waals surface area contributed by atoms with E-state index >= 15 is 0 Å². The van der Waals surface area contributed by atoms with E-state index in [0.717, 1.165) is 0 Å². The number of rotatable bonds is 0. The Morgan fingerprint density at radius 3 is 2.27 bits per heavy atom. The molecule has 1 rings (SSSR count). The second kappa shape index (κ2) is 4.88. The number of hydrogen-bond acceptors (Lipinski definition) is 3. The summed E-state index contributed by atoms with van der Waals surface area (Å²) in [5, 5.41) is 0. The number of hydrogen-bond donors (Lipinski definition) is 0. The summed E-state index contributed by atoms with van der Waals surface area (Å²) in [6, 6.07) is 0. The van der Waals surface area contributed by atoms with Crippen LogP contribution in [0.1, 0.15) is 33.6 Å². The Balaban J connectivity index is 0.000000461. The van der Waals surface area contributed by atoms with E-state index in [1.54, 1.807) is 6.92 Å². The van der Waals surface area contributed by atoms with Gasteiger partial charge in [0.15, 0.2) is 0 Å². The Morgan fingerprint density at radius 2 is 1.91 bits per heavy atom. The standard InChI is InChI=1S/C6H8O3.C2H6/c1-4-2-3-5(7)9-6(4)8;1-2/h4H,2-3H2,1H3;1-2H3. The van der Waals surface area contributed by atoms with Crippen molar-refractivity contribution in [3.05, 3.63) is 0 Å². The summed E-state index contributed by atoms with van der Waals surface area (Å²) >= 11 is 0. The average molecular weight is 158 g/mol. The van der Waals surface area contributed by atoms with Crippen LogP contribution in [0.3, 0.4) is 0 Å². The van der Waals surface area contributed by atoms with Gasteiger partial charge in [-0.3, -0.25) is 9.59 Å². The lowest BCUT2D eigenvalue weighted by molar-refractivity contribution is -0.166. The smallest absolute Gasteiger partial charge is 0.316 e. The van der Waals surface area contributed by atoms with Crippen LogP contribution in [0.15, 0.2) is 0 Å². The van der Waals surface area contributed by atoms with E-state index in [1.165, 1.54) is 0 Å². The molecule has 0 aliphatic carbocycles. The molecule has 0 bridgehead atoms. The summed E-state index contributed by atoms with van der Waals surface area (Å²) in [6.07, 6.45) is 1.02. The molecule has 0 saturated carbocycles. The van der Waals surface area contributed by atoms with Crippen molar-refractivity contribution in [2.75, 3.05) is 0 Å². The van der Waals surface area contributed by atoms with Crippen LogP contribution in [-0.4, -0.2) is 11.9 Å². The van der Waals surface area contributed by atoms with E-state index in [-0.39, 0.29) is 11.9 Å². The van der Waals surface area contributed by atoms with E-state index in [0.29, 0.717) is 12.8 Å². The predicted molar refractivity (Wildman–Crippen MR) is 40.8 cm³/mol. The predicted octanol–water partition coefficient (Wildman–Crippen LogP) is 1.51. The third-order valence-corrected chi connectivity index (χ3v) is 1.40. The third kappa shape index (κ3) is 3.16. The monoisotopic (exact) mass is 158 g/mol. The highest BCUT2D eigenvalue weighted by Crippen LogP contribution is 2.14. The van der Waals surface area contributed by atoms with E-state index < -0.39 is 5.97 Å². The van der Waals surface area contributed by atoms with Crippen LogP contribution in [-0.2, 0) is 14.3 Å². The van der Waals surface area contributed by atoms with Crippen molar-refractivity contribution in [2.24, 2.45) is 5.92 Å². The van der Waals surface area contributed by atoms with Crippen LogP contribution in [0.2, 0.25) is 0 Å². The molecule has 0 aromatic rings. The van der Waals surface area contributed by atoms with E-state index in [2.05, 4.69) is 4.74 Å². The minimum Gasteiger partial charge on any atom is -0.393 e. The molecule has 64 valence electrons. The molecule has 0 N–H and O–H groups in total. The maximum Gasteiger partial charge on any atom is 0.316 e. The molecule has 0 amide bonds. The van der Waals surface area contributed by atoms with Crippen molar-refractivity contribution >= 4 is 11.9 Å². The van der Waals surface area contributed by atoms with Gasteiger partial charge in [0.1, 0.15) is 0 Å². The van der Waals surface area contributed by atoms with Gasteiger partial charge in [0.2, 0.25) is 0 Å². The molecule has 3 nitrogen and oxygen atoms in total. The van der Waals surface area contributed by atoms with Crippen molar-refractivity contribution in [2.45, 2.75) is 33.6 Å². The maximum atomic E-state index is 10.6. The lowest BCUT2D eigenvalue weighted by Crippen LogP contribution is -2.25. The Bertz CT molecular complexity index is 151. The molecular weight excluding hydrogens is 144 g/mol. The van der Waals surface area contributed by atoms with Crippen molar-refractivity contribution in [1.29, 1.82) is 0 Å². The largest absolute Gasteiger partial charge is 0.393 e. The molecule has 1 aliphatic rings. The van der Waals surface area contributed by atoms with Gasteiger partial charge < -0.3 is 4.74 Å². The maximum absolute atomic E-state index is 10.6. The fourth-order valence-electron chi connectivity index (χ4n) is 0.716. The number of cyclic esters (lactones) is 2. The molecule has 1 heterocycles. The number of carbonyl (C=O) groups is 2. The molecule has 1 unspecified atom stereocenters. The first-order chi connectivity index (χ1) is 5.20. The molecule has 3 heteroatoms. The Labute approximate surface area is 66.7 Å². The highest BCUT2D eigenvalue weighted by atomic mass is 16.6. The highest BCUT2D eigenvalue weighted by molar-refractivity contribution is 5.89. The summed E-state index contributed by atoms with van der Waals surface area (Å²) in [4.78, 5) is 20.9. The number of carbonyl (C=O) groups excluding carboxylic acids is 2. The average Bonchev–Trinajstić information content (AvgIpc) is 2.02. The minimum atomic E-state index is -0.391. The van der Waals surface area contributed by atoms with Crippen molar-refractivity contribution < 1.29 is 14.3 Å². The molecule has 0 spiro atoms. The molecule has 0 radical (unpaired) electrons. The van der Waals surface area contributed by atoms with E-state index in [9.17, 15) is 9.59 Å². The van der Waals surface area contributed by atoms with Gasteiger partial charge in [0.25, 0.3) is 0 Å². The number of ether oxygens (including phenoxy) is 1. The topological polar surface area (TPSA) is 43.4 Å². The number of esters is 2. The van der Waals surface area contributed by atoms with Crippen LogP contribution in [0.25, 0.3) is 0 Å². The molecule has 1 fully saturated rings. The SMILES string of the molecule is CC.CC1CCC(=O)OC1=O. The van der Waals surface area contributed by atoms with Gasteiger partial charge in [-0.25, -0.2) is 0 Å². The fraction of sp³-hybridized carbons (Fsp3) is 0.750. The highest BCUT2D eigenvalue weighted by Gasteiger charge is 2.24. The van der Waals surface area contributed by atoms with Crippen molar-refractivity contribution in [3.63, 3.8) is 0 Å². The zero-order valence-electron chi connectivity index (χ0n) is 7.22. The van der Waals surface area contributed by atoms with Crippen LogP contribution in [0.5, 0.6) is 0 Å². The quantitative estimate of drug-likeness (QED) is 0.396. The summed E-state index contributed by atoms with van der Waals surface area (Å²) in [5.41, 5.74) is 0. The normalized spacial score (nSPS) is 23.4. The first kappa shape index (κ1) is 10.1. The zero-order chi connectivity index (χ0) is 8.85. The molecule has 0 aromatic carbocycles. The molecule has 0 aromatic heterocycles. The van der Waals surface area contributed by atoms with E-state index in [1.807, 2.05) is 13.8 Å². The first-order valence-electron chi connectivity index (χ1n) is 3.94. The molecule has 11 heavy (non-hydrogen) atoms. The van der Waals surface area contributed by atoms with Gasteiger partial charge in [0, 0.05) is 6.42 Å². The van der Waals surface area contributed by atoms with Crippen LogP contribution in [0.4, 0.5) is 0 Å². The summed E-state index contributed by atoms with van der Waals surface area (Å²) in [6.45, 7) is 5.76. The summed E-state index contributed by atoms with van der Waals surface area (Å²) < 4.78 is 4.32. The van der Waals surface area contributed by atoms with Gasteiger partial charge in [0.05, 0.1) is 5.92 Å². The van der Waals surface area contributed by atoms with Crippen LogP contribution < -0.4 is 0 Å².